The first kappa shape index (κ1) is 23.1. The number of nitrogens with one attached hydrogen (secondary N) is 2. The lowest BCUT2D eigenvalue weighted by atomic mass is 9.99. The topological polar surface area (TPSA) is 84.5 Å². The number of allylic oxidation sites excluding steroid dienone is 2. The minimum absolute atomic E-state index is 0.0352. The molecular weight excluding hydrogens is 440 g/mol. The van der Waals surface area contributed by atoms with Crippen LogP contribution in [-0.4, -0.2) is 23.9 Å². The third kappa shape index (κ3) is 6.02. The van der Waals surface area contributed by atoms with Gasteiger partial charge in [0, 0.05) is 30.8 Å². The van der Waals surface area contributed by atoms with Crippen LogP contribution in [0.25, 0.3) is 0 Å². The van der Waals surface area contributed by atoms with Crippen LogP contribution < -0.4 is 10.6 Å². The van der Waals surface area contributed by atoms with Gasteiger partial charge in [-0.25, -0.2) is 0 Å². The summed E-state index contributed by atoms with van der Waals surface area (Å²) in [6, 6.07) is 14.7. The molecule has 0 saturated heterocycles. The van der Waals surface area contributed by atoms with Crippen molar-refractivity contribution in [3.05, 3.63) is 82.4 Å². The van der Waals surface area contributed by atoms with Crippen molar-refractivity contribution >= 4 is 29.4 Å². The first-order valence-electron chi connectivity index (χ1n) is 11.2. The van der Waals surface area contributed by atoms with Crippen molar-refractivity contribution in [3.63, 3.8) is 0 Å². The number of amides is 2. The highest BCUT2D eigenvalue weighted by atomic mass is 35.5. The van der Waals surface area contributed by atoms with Crippen molar-refractivity contribution in [1.82, 2.24) is 10.6 Å². The van der Waals surface area contributed by atoms with E-state index in [2.05, 4.69) is 10.6 Å². The van der Waals surface area contributed by atoms with Crippen LogP contribution in [0.3, 0.4) is 0 Å². The number of hydrogen-bond acceptors (Lipinski definition) is 4. The van der Waals surface area contributed by atoms with Gasteiger partial charge >= 0.3 is 5.97 Å². The monoisotopic (exact) mass is 466 g/mol. The third-order valence-electron chi connectivity index (χ3n) is 6.06. The summed E-state index contributed by atoms with van der Waals surface area (Å²) in [7, 11) is 0. The highest BCUT2D eigenvalue weighted by molar-refractivity contribution is 6.30. The van der Waals surface area contributed by atoms with E-state index in [1.165, 1.54) is 0 Å². The number of carbonyl (C=O) groups excluding carboxylic acids is 3. The van der Waals surface area contributed by atoms with E-state index in [0.29, 0.717) is 37.3 Å². The summed E-state index contributed by atoms with van der Waals surface area (Å²) >= 11 is 5.90. The van der Waals surface area contributed by atoms with Crippen molar-refractivity contribution in [2.75, 3.05) is 0 Å². The number of halogens is 1. The van der Waals surface area contributed by atoms with Gasteiger partial charge in [-0.2, -0.15) is 0 Å². The normalized spacial score (nSPS) is 23.7. The summed E-state index contributed by atoms with van der Waals surface area (Å²) < 4.78 is 5.89. The quantitative estimate of drug-likeness (QED) is 0.526. The van der Waals surface area contributed by atoms with Crippen LogP contribution in [0.4, 0.5) is 0 Å². The van der Waals surface area contributed by atoms with Crippen molar-refractivity contribution in [2.24, 2.45) is 5.92 Å². The van der Waals surface area contributed by atoms with Gasteiger partial charge in [0.1, 0.15) is 6.10 Å². The van der Waals surface area contributed by atoms with Gasteiger partial charge in [0.05, 0.1) is 12.0 Å². The second-order valence-electron chi connectivity index (χ2n) is 8.47. The van der Waals surface area contributed by atoms with Crippen LogP contribution in [0, 0.1) is 5.92 Å². The first-order valence-corrected chi connectivity index (χ1v) is 11.6. The fourth-order valence-corrected chi connectivity index (χ4v) is 4.41. The molecule has 2 aromatic carbocycles. The number of rotatable bonds is 4. The average molecular weight is 467 g/mol. The van der Waals surface area contributed by atoms with Gasteiger partial charge < -0.3 is 15.4 Å². The molecule has 7 heteroatoms. The van der Waals surface area contributed by atoms with Crippen molar-refractivity contribution < 1.29 is 19.1 Å². The van der Waals surface area contributed by atoms with Crippen molar-refractivity contribution in [2.45, 2.75) is 50.8 Å². The van der Waals surface area contributed by atoms with Gasteiger partial charge in [0.15, 0.2) is 0 Å². The summed E-state index contributed by atoms with van der Waals surface area (Å²) in [5.41, 5.74) is 2.97. The fraction of sp³-hybridized carbons (Fsp3) is 0.346. The second-order valence-corrected chi connectivity index (χ2v) is 8.91. The summed E-state index contributed by atoms with van der Waals surface area (Å²) in [6.07, 6.45) is 5.16. The van der Waals surface area contributed by atoms with E-state index >= 15 is 0 Å². The molecule has 0 radical (unpaired) electrons. The number of benzene rings is 2. The van der Waals surface area contributed by atoms with Gasteiger partial charge in [-0.15, -0.1) is 0 Å². The standard InChI is InChI=1S/C26H27ClN2O4/c27-20-12-10-17(11-13-20)16-28-24(31)15-19-7-2-1-3-9-23(30)29-25-21-8-5-4-6-18(21)14-22(25)33-26(19)32/h1-2,4-6,8,10-13,19,22,25H,3,7,9,14-16H2,(H,28,31)(H,29,30)/b2-1-/t19-,22-,25+/m0/s1. The van der Waals surface area contributed by atoms with E-state index < -0.39 is 18.0 Å². The summed E-state index contributed by atoms with van der Waals surface area (Å²) in [6.45, 7) is 0.361. The molecule has 172 valence electrons. The molecule has 0 unspecified atom stereocenters. The molecule has 0 saturated carbocycles. The zero-order chi connectivity index (χ0) is 23.2. The molecule has 2 N–H and O–H groups in total. The molecule has 1 heterocycles. The molecule has 0 aromatic heterocycles. The van der Waals surface area contributed by atoms with E-state index in [1.807, 2.05) is 48.6 Å². The smallest absolute Gasteiger partial charge is 0.310 e. The molecule has 0 spiro atoms. The van der Waals surface area contributed by atoms with Crippen LogP contribution in [0.15, 0.2) is 60.7 Å². The van der Waals surface area contributed by atoms with Crippen LogP contribution in [0.2, 0.25) is 5.02 Å². The van der Waals surface area contributed by atoms with E-state index in [-0.39, 0.29) is 24.3 Å². The van der Waals surface area contributed by atoms with Gasteiger partial charge in [-0.3, -0.25) is 14.4 Å². The Labute approximate surface area is 198 Å². The number of ether oxygens (including phenoxy) is 1. The predicted molar refractivity (Wildman–Crippen MR) is 125 cm³/mol. The highest BCUT2D eigenvalue weighted by Crippen LogP contribution is 2.34. The highest BCUT2D eigenvalue weighted by Gasteiger charge is 2.37. The molecule has 2 aromatic rings. The lowest BCUT2D eigenvalue weighted by Gasteiger charge is -2.25. The molecule has 1 aliphatic carbocycles. The van der Waals surface area contributed by atoms with Gasteiger partial charge in [-0.1, -0.05) is 60.2 Å². The molecule has 2 amide bonds. The minimum Gasteiger partial charge on any atom is -0.459 e. The summed E-state index contributed by atoms with van der Waals surface area (Å²) in [4.78, 5) is 38.1. The van der Waals surface area contributed by atoms with Gasteiger partial charge in [0.25, 0.3) is 0 Å². The molecule has 0 fully saturated rings. The molecule has 0 bridgehead atoms. The van der Waals surface area contributed by atoms with Crippen LogP contribution >= 0.6 is 11.6 Å². The largest absolute Gasteiger partial charge is 0.459 e. The lowest BCUT2D eigenvalue weighted by molar-refractivity contribution is -0.157. The van der Waals surface area contributed by atoms with E-state index in [9.17, 15) is 14.4 Å². The minimum atomic E-state index is -0.592. The van der Waals surface area contributed by atoms with Crippen LogP contribution in [0.1, 0.15) is 48.4 Å². The molecule has 6 nitrogen and oxygen atoms in total. The maximum absolute atomic E-state index is 13.1. The van der Waals surface area contributed by atoms with Crippen molar-refractivity contribution in [3.8, 4) is 0 Å². The third-order valence-corrected chi connectivity index (χ3v) is 6.31. The maximum atomic E-state index is 13.1. The molecular formula is C26H27ClN2O4. The first-order chi connectivity index (χ1) is 16.0. The molecule has 1 aliphatic heterocycles. The van der Waals surface area contributed by atoms with Crippen molar-refractivity contribution in [1.29, 1.82) is 0 Å². The van der Waals surface area contributed by atoms with Crippen LogP contribution in [0.5, 0.6) is 0 Å². The zero-order valence-electron chi connectivity index (χ0n) is 18.3. The van der Waals surface area contributed by atoms with E-state index in [4.69, 9.17) is 16.3 Å². The second kappa shape index (κ2) is 10.7. The Morgan fingerprint density at radius 2 is 1.88 bits per heavy atom. The summed E-state index contributed by atoms with van der Waals surface area (Å²) in [5, 5.41) is 6.54. The number of carbonyl (C=O) groups is 3. The number of fused-ring (bicyclic) bond motifs is 3. The fourth-order valence-electron chi connectivity index (χ4n) is 4.28. The Morgan fingerprint density at radius 3 is 2.70 bits per heavy atom. The predicted octanol–water partition coefficient (Wildman–Crippen LogP) is 4.03. The Hall–Kier alpha value is -3.12. The Balaban J connectivity index is 1.44. The lowest BCUT2D eigenvalue weighted by Crippen LogP contribution is -2.38. The van der Waals surface area contributed by atoms with E-state index in [1.54, 1.807) is 12.1 Å². The van der Waals surface area contributed by atoms with Gasteiger partial charge in [-0.05, 0) is 41.7 Å². The number of hydrogen-bond donors (Lipinski definition) is 2. The maximum Gasteiger partial charge on any atom is 0.310 e. The van der Waals surface area contributed by atoms with E-state index in [0.717, 1.165) is 16.7 Å². The molecule has 33 heavy (non-hydrogen) atoms. The molecule has 4 rings (SSSR count). The Kier molecular flexibility index (Phi) is 7.45. The molecule has 3 atom stereocenters. The Morgan fingerprint density at radius 1 is 1.09 bits per heavy atom. The Bertz CT molecular complexity index is 1050. The average Bonchev–Trinajstić information content (AvgIpc) is 3.13. The number of esters is 1. The SMILES string of the molecule is O=C(C[C@@H]1C/C=C\CCC(=O)N[C@@H]2c3ccccc3C[C@@H]2OC1=O)NCc1ccc(Cl)cc1. The summed E-state index contributed by atoms with van der Waals surface area (Å²) in [5.74, 6) is -1.29. The van der Waals surface area contributed by atoms with Gasteiger partial charge in [0.2, 0.25) is 11.8 Å². The zero-order valence-corrected chi connectivity index (χ0v) is 19.0. The van der Waals surface area contributed by atoms with Crippen LogP contribution in [-0.2, 0) is 32.1 Å². The molecule has 2 aliphatic rings.